The first-order valence-corrected chi connectivity index (χ1v) is 5.96. The van der Waals surface area contributed by atoms with E-state index in [1.165, 1.54) is 24.3 Å². The number of rotatable bonds is 4. The Kier molecular flexibility index (Phi) is 3.99. The summed E-state index contributed by atoms with van der Waals surface area (Å²) in [4.78, 5) is 21.2. The fourth-order valence-electron chi connectivity index (χ4n) is 1.76. The number of phenolic OH excluding ortho intramolecular Hbond substituents is 1. The molecule has 0 aliphatic heterocycles. The summed E-state index contributed by atoms with van der Waals surface area (Å²) >= 11 is 0. The van der Waals surface area contributed by atoms with Crippen LogP contribution in [-0.4, -0.2) is 21.1 Å². The lowest BCUT2D eigenvalue weighted by molar-refractivity contribution is -0.384. The number of carboxylic acids is 1. The molecule has 2 aromatic carbocycles. The van der Waals surface area contributed by atoms with E-state index >= 15 is 0 Å². The van der Waals surface area contributed by atoms with Crippen LogP contribution in [0, 0.1) is 10.1 Å². The third-order valence-corrected chi connectivity index (χ3v) is 2.83. The molecule has 0 saturated heterocycles. The lowest BCUT2D eigenvalue weighted by Crippen LogP contribution is -2.01. The minimum atomic E-state index is -1.23. The number of benzene rings is 2. The summed E-state index contributed by atoms with van der Waals surface area (Å²) in [6.45, 7) is 0. The highest BCUT2D eigenvalue weighted by Gasteiger charge is 2.14. The molecule has 0 saturated carbocycles. The molecule has 6 heteroatoms. The predicted molar refractivity (Wildman–Crippen MR) is 77.1 cm³/mol. The molecule has 0 spiro atoms. The van der Waals surface area contributed by atoms with Crippen molar-refractivity contribution in [2.45, 2.75) is 0 Å². The number of carbonyl (C=O) groups is 1. The first kappa shape index (κ1) is 14.3. The van der Waals surface area contributed by atoms with E-state index in [1.54, 1.807) is 24.3 Å². The van der Waals surface area contributed by atoms with Crippen LogP contribution in [0.5, 0.6) is 5.75 Å². The third kappa shape index (κ3) is 3.44. The van der Waals surface area contributed by atoms with Gasteiger partial charge in [-0.25, -0.2) is 4.79 Å². The second-order valence-corrected chi connectivity index (χ2v) is 4.26. The van der Waals surface area contributed by atoms with Crippen LogP contribution in [0.1, 0.15) is 21.5 Å². The maximum absolute atomic E-state index is 11.2. The third-order valence-electron chi connectivity index (χ3n) is 2.83. The number of carboxylic acid groups (broad SMARTS) is 1. The van der Waals surface area contributed by atoms with Crippen LogP contribution in [0.4, 0.5) is 5.69 Å². The van der Waals surface area contributed by atoms with Gasteiger partial charge in [-0.2, -0.15) is 0 Å². The van der Waals surface area contributed by atoms with Crippen molar-refractivity contribution in [1.29, 1.82) is 0 Å². The first-order chi connectivity index (χ1) is 9.97. The number of hydrogen-bond donors (Lipinski definition) is 2. The zero-order valence-electron chi connectivity index (χ0n) is 10.8. The maximum atomic E-state index is 11.2. The van der Waals surface area contributed by atoms with Gasteiger partial charge in [0.2, 0.25) is 0 Å². The Bertz CT molecular complexity index is 719. The number of phenols is 1. The van der Waals surface area contributed by atoms with Gasteiger partial charge in [-0.1, -0.05) is 24.3 Å². The molecule has 0 aliphatic carbocycles. The summed E-state index contributed by atoms with van der Waals surface area (Å²) in [5.74, 6) is -1.10. The zero-order valence-corrected chi connectivity index (χ0v) is 10.8. The fourth-order valence-corrected chi connectivity index (χ4v) is 1.76. The topological polar surface area (TPSA) is 101 Å². The molecule has 2 N–H and O–H groups in total. The van der Waals surface area contributed by atoms with E-state index in [0.717, 1.165) is 11.6 Å². The van der Waals surface area contributed by atoms with Crippen LogP contribution in [0.3, 0.4) is 0 Å². The average molecular weight is 285 g/mol. The standard InChI is InChI=1S/C15H11NO5/c17-13-7-2-10(3-8-13)1-4-11-5-6-12(16(20)21)9-14(11)15(18)19/h1-9,17H,(H,18,19)/b4-1+. The Morgan fingerprint density at radius 1 is 1.10 bits per heavy atom. The number of nitro groups is 1. The largest absolute Gasteiger partial charge is 0.508 e. The van der Waals surface area contributed by atoms with Crippen molar-refractivity contribution in [3.8, 4) is 5.75 Å². The number of non-ortho nitro benzene ring substituents is 1. The van der Waals surface area contributed by atoms with Gasteiger partial charge in [-0.15, -0.1) is 0 Å². The summed E-state index contributed by atoms with van der Waals surface area (Å²) in [5.41, 5.74) is 0.720. The monoisotopic (exact) mass is 285 g/mol. The Hall–Kier alpha value is -3.15. The maximum Gasteiger partial charge on any atom is 0.336 e. The molecule has 0 radical (unpaired) electrons. The van der Waals surface area contributed by atoms with E-state index in [1.807, 2.05) is 0 Å². The van der Waals surface area contributed by atoms with Crippen molar-refractivity contribution in [2.75, 3.05) is 0 Å². The van der Waals surface area contributed by atoms with Crippen molar-refractivity contribution in [1.82, 2.24) is 0 Å². The molecule has 0 heterocycles. The fraction of sp³-hybridized carbons (Fsp3) is 0. The normalized spacial score (nSPS) is 10.7. The average Bonchev–Trinajstić information content (AvgIpc) is 2.46. The molecule has 0 aromatic heterocycles. The highest BCUT2D eigenvalue weighted by atomic mass is 16.6. The molecular weight excluding hydrogens is 274 g/mol. The van der Waals surface area contributed by atoms with Crippen LogP contribution in [0.2, 0.25) is 0 Å². The number of nitrogens with zero attached hydrogens (tertiary/aromatic N) is 1. The Balaban J connectivity index is 2.37. The summed E-state index contributed by atoms with van der Waals surface area (Å²) < 4.78 is 0. The van der Waals surface area contributed by atoms with Gasteiger partial charge < -0.3 is 10.2 Å². The molecule has 0 unspecified atom stereocenters. The molecule has 0 amide bonds. The van der Waals surface area contributed by atoms with Crippen molar-refractivity contribution in [2.24, 2.45) is 0 Å². The van der Waals surface area contributed by atoms with Gasteiger partial charge in [0.25, 0.3) is 5.69 Å². The van der Waals surface area contributed by atoms with Crippen molar-refractivity contribution in [3.63, 3.8) is 0 Å². The second kappa shape index (κ2) is 5.87. The molecule has 2 aromatic rings. The van der Waals surface area contributed by atoms with Crippen molar-refractivity contribution in [3.05, 3.63) is 69.3 Å². The minimum Gasteiger partial charge on any atom is -0.508 e. The quantitative estimate of drug-likeness (QED) is 0.510. The van der Waals surface area contributed by atoms with Crippen molar-refractivity contribution >= 4 is 23.8 Å². The van der Waals surface area contributed by atoms with E-state index in [4.69, 9.17) is 5.11 Å². The van der Waals surface area contributed by atoms with Crippen LogP contribution in [0.15, 0.2) is 42.5 Å². The predicted octanol–water partition coefficient (Wildman–Crippen LogP) is 3.17. The Labute approximate surface area is 119 Å². The zero-order chi connectivity index (χ0) is 15.4. The van der Waals surface area contributed by atoms with Gasteiger partial charge >= 0.3 is 5.97 Å². The summed E-state index contributed by atoms with van der Waals surface area (Å²) in [5, 5.41) is 29.0. The van der Waals surface area contributed by atoms with Crippen LogP contribution < -0.4 is 0 Å². The van der Waals surface area contributed by atoms with Crippen molar-refractivity contribution < 1.29 is 19.9 Å². The highest BCUT2D eigenvalue weighted by molar-refractivity contribution is 5.94. The van der Waals surface area contributed by atoms with E-state index in [9.17, 15) is 20.0 Å². The summed E-state index contributed by atoms with van der Waals surface area (Å²) in [6, 6.07) is 10.0. The van der Waals surface area contributed by atoms with E-state index in [0.29, 0.717) is 5.56 Å². The summed E-state index contributed by atoms with van der Waals surface area (Å²) in [7, 11) is 0. The second-order valence-electron chi connectivity index (χ2n) is 4.26. The van der Waals surface area contributed by atoms with Crippen LogP contribution in [-0.2, 0) is 0 Å². The number of aromatic hydroxyl groups is 1. The van der Waals surface area contributed by atoms with Gasteiger partial charge in [0.15, 0.2) is 0 Å². The van der Waals surface area contributed by atoms with Gasteiger partial charge in [0, 0.05) is 12.1 Å². The molecule has 0 fully saturated rings. The molecular formula is C15H11NO5. The van der Waals surface area contributed by atoms with E-state index < -0.39 is 10.9 Å². The van der Waals surface area contributed by atoms with Gasteiger partial charge in [0.05, 0.1) is 10.5 Å². The van der Waals surface area contributed by atoms with Gasteiger partial charge in [-0.3, -0.25) is 10.1 Å². The number of hydrogen-bond acceptors (Lipinski definition) is 4. The molecule has 0 atom stereocenters. The number of nitro benzene ring substituents is 1. The molecule has 0 aliphatic rings. The lowest BCUT2D eigenvalue weighted by Gasteiger charge is -2.01. The molecule has 0 bridgehead atoms. The first-order valence-electron chi connectivity index (χ1n) is 5.96. The molecule has 21 heavy (non-hydrogen) atoms. The Morgan fingerprint density at radius 3 is 2.33 bits per heavy atom. The SMILES string of the molecule is O=C(O)c1cc([N+](=O)[O-])ccc1/C=C/c1ccc(O)cc1. The summed E-state index contributed by atoms with van der Waals surface area (Å²) in [6.07, 6.45) is 3.21. The highest BCUT2D eigenvalue weighted by Crippen LogP contribution is 2.20. The minimum absolute atomic E-state index is 0.133. The van der Waals surface area contributed by atoms with Gasteiger partial charge in [-0.05, 0) is 29.3 Å². The molecule has 2 rings (SSSR count). The van der Waals surface area contributed by atoms with E-state index in [2.05, 4.69) is 0 Å². The molecule has 106 valence electrons. The van der Waals surface area contributed by atoms with Crippen LogP contribution >= 0.6 is 0 Å². The van der Waals surface area contributed by atoms with Crippen LogP contribution in [0.25, 0.3) is 12.2 Å². The van der Waals surface area contributed by atoms with Gasteiger partial charge in [0.1, 0.15) is 5.75 Å². The molecule has 6 nitrogen and oxygen atoms in total. The van der Waals surface area contributed by atoms with E-state index in [-0.39, 0.29) is 17.0 Å². The smallest absolute Gasteiger partial charge is 0.336 e. The number of aromatic carboxylic acids is 1. The Morgan fingerprint density at radius 2 is 1.76 bits per heavy atom. The lowest BCUT2D eigenvalue weighted by atomic mass is 10.0.